The number of hydrogen-bond donors (Lipinski definition) is 1. The van der Waals surface area contributed by atoms with Gasteiger partial charge in [0.1, 0.15) is 0 Å². The topological polar surface area (TPSA) is 70.6 Å². The Hall–Kier alpha value is -2.51. The molecule has 7 heteroatoms. The van der Waals surface area contributed by atoms with Gasteiger partial charge in [0.05, 0.1) is 24.5 Å². The Morgan fingerprint density at radius 2 is 1.83 bits per heavy atom. The normalized spacial score (nSPS) is 17.5. The molecule has 0 saturated carbocycles. The fraction of sp³-hybridized carbons (Fsp3) is 0.500. The number of aromatic nitrogens is 2. The Morgan fingerprint density at radius 1 is 1.10 bits per heavy atom. The van der Waals surface area contributed by atoms with Gasteiger partial charge in [-0.1, -0.05) is 12.1 Å². The number of carbonyl (C=O) groups excluding carboxylic acids is 1. The molecule has 1 aromatic heterocycles. The van der Waals surface area contributed by atoms with Crippen molar-refractivity contribution in [3.05, 3.63) is 47.3 Å². The highest BCUT2D eigenvalue weighted by Crippen LogP contribution is 2.16. The van der Waals surface area contributed by atoms with Crippen molar-refractivity contribution in [3.63, 3.8) is 0 Å². The SMILES string of the molecule is Cc1nc(N2CCOCC2)ncc1C(=O)Nc1ccc(CCN2CCCC2)cc1. The van der Waals surface area contributed by atoms with E-state index in [1.54, 1.807) is 6.20 Å². The van der Waals surface area contributed by atoms with Crippen molar-refractivity contribution in [2.75, 3.05) is 56.2 Å². The number of ether oxygens (including phenoxy) is 1. The molecule has 3 heterocycles. The second-order valence-electron chi connectivity index (χ2n) is 7.72. The standard InChI is InChI=1S/C22H29N5O2/c1-17-20(16-23-22(24-17)27-12-14-29-15-13-27)21(28)25-19-6-4-18(5-7-19)8-11-26-9-2-3-10-26/h4-7,16H,2-3,8-15H2,1H3,(H,25,28). The van der Waals surface area contributed by atoms with Gasteiger partial charge in [-0.25, -0.2) is 9.97 Å². The number of hydrogen-bond acceptors (Lipinski definition) is 6. The first kappa shape index (κ1) is 19.8. The van der Waals surface area contributed by atoms with Crippen molar-refractivity contribution in [1.82, 2.24) is 14.9 Å². The molecular weight excluding hydrogens is 366 g/mol. The molecule has 154 valence electrons. The number of benzene rings is 1. The Morgan fingerprint density at radius 3 is 2.52 bits per heavy atom. The minimum Gasteiger partial charge on any atom is -0.378 e. The molecule has 0 unspecified atom stereocenters. The number of anilines is 2. The lowest BCUT2D eigenvalue weighted by Crippen LogP contribution is -2.37. The van der Waals surface area contributed by atoms with Gasteiger partial charge in [-0.15, -0.1) is 0 Å². The lowest BCUT2D eigenvalue weighted by Gasteiger charge is -2.27. The van der Waals surface area contributed by atoms with E-state index in [-0.39, 0.29) is 5.91 Å². The molecule has 1 aromatic carbocycles. The highest BCUT2D eigenvalue weighted by molar-refractivity contribution is 6.04. The van der Waals surface area contributed by atoms with Crippen LogP contribution in [0.5, 0.6) is 0 Å². The second kappa shape index (κ2) is 9.33. The minimum absolute atomic E-state index is 0.180. The molecule has 2 aromatic rings. The third-order valence-corrected chi connectivity index (χ3v) is 5.63. The highest BCUT2D eigenvalue weighted by Gasteiger charge is 2.17. The molecule has 2 fully saturated rings. The summed E-state index contributed by atoms with van der Waals surface area (Å²) in [6.45, 7) is 8.31. The highest BCUT2D eigenvalue weighted by atomic mass is 16.5. The van der Waals surface area contributed by atoms with Crippen LogP contribution in [0.2, 0.25) is 0 Å². The molecule has 1 N–H and O–H groups in total. The molecule has 4 rings (SSSR count). The Bertz CT molecular complexity index is 828. The molecule has 0 aliphatic carbocycles. The third kappa shape index (κ3) is 5.10. The first-order chi connectivity index (χ1) is 14.2. The largest absolute Gasteiger partial charge is 0.378 e. The second-order valence-corrected chi connectivity index (χ2v) is 7.72. The molecule has 1 amide bonds. The van der Waals surface area contributed by atoms with Gasteiger partial charge in [-0.2, -0.15) is 0 Å². The van der Waals surface area contributed by atoms with Crippen molar-refractivity contribution in [2.45, 2.75) is 26.2 Å². The van der Waals surface area contributed by atoms with Gasteiger partial charge in [0.15, 0.2) is 0 Å². The van der Waals surface area contributed by atoms with E-state index >= 15 is 0 Å². The molecule has 7 nitrogen and oxygen atoms in total. The number of aryl methyl sites for hydroxylation is 1. The van der Waals surface area contributed by atoms with E-state index < -0.39 is 0 Å². The number of amides is 1. The van der Waals surface area contributed by atoms with Crippen LogP contribution >= 0.6 is 0 Å². The van der Waals surface area contributed by atoms with Crippen LogP contribution in [0, 0.1) is 6.92 Å². The molecular formula is C22H29N5O2. The first-order valence-corrected chi connectivity index (χ1v) is 10.5. The summed E-state index contributed by atoms with van der Waals surface area (Å²) < 4.78 is 5.37. The molecule has 2 aliphatic rings. The van der Waals surface area contributed by atoms with Crippen LogP contribution in [0.25, 0.3) is 0 Å². The average molecular weight is 396 g/mol. The Kier molecular flexibility index (Phi) is 6.36. The zero-order valence-corrected chi connectivity index (χ0v) is 17.1. The maximum atomic E-state index is 12.7. The fourth-order valence-electron chi connectivity index (χ4n) is 3.84. The fourth-order valence-corrected chi connectivity index (χ4v) is 3.84. The van der Waals surface area contributed by atoms with E-state index in [9.17, 15) is 4.79 Å². The Labute approximate surface area is 172 Å². The zero-order chi connectivity index (χ0) is 20.1. The molecule has 29 heavy (non-hydrogen) atoms. The smallest absolute Gasteiger partial charge is 0.259 e. The van der Waals surface area contributed by atoms with Crippen LogP contribution in [0.4, 0.5) is 11.6 Å². The van der Waals surface area contributed by atoms with Crippen LogP contribution in [-0.4, -0.2) is 66.7 Å². The molecule has 0 spiro atoms. The van der Waals surface area contributed by atoms with E-state index in [0.29, 0.717) is 30.4 Å². The van der Waals surface area contributed by atoms with Crippen molar-refractivity contribution in [2.24, 2.45) is 0 Å². The van der Waals surface area contributed by atoms with E-state index in [1.807, 2.05) is 19.1 Å². The summed E-state index contributed by atoms with van der Waals surface area (Å²) in [7, 11) is 0. The summed E-state index contributed by atoms with van der Waals surface area (Å²) in [5.41, 5.74) is 3.27. The minimum atomic E-state index is -0.180. The van der Waals surface area contributed by atoms with E-state index in [0.717, 1.165) is 31.7 Å². The predicted molar refractivity (Wildman–Crippen MR) is 114 cm³/mol. The quantitative estimate of drug-likeness (QED) is 0.810. The van der Waals surface area contributed by atoms with Crippen LogP contribution in [0.15, 0.2) is 30.5 Å². The van der Waals surface area contributed by atoms with E-state index in [1.165, 1.54) is 31.5 Å². The number of rotatable bonds is 6. The first-order valence-electron chi connectivity index (χ1n) is 10.5. The summed E-state index contributed by atoms with van der Waals surface area (Å²) in [5.74, 6) is 0.477. The molecule has 0 atom stereocenters. The van der Waals surface area contributed by atoms with Crippen LogP contribution < -0.4 is 10.2 Å². The molecule has 0 bridgehead atoms. The van der Waals surface area contributed by atoms with Gasteiger partial charge in [-0.05, 0) is 57.0 Å². The molecule has 2 saturated heterocycles. The summed E-state index contributed by atoms with van der Waals surface area (Å²) in [5, 5.41) is 2.96. The van der Waals surface area contributed by atoms with Crippen molar-refractivity contribution < 1.29 is 9.53 Å². The number of nitrogens with zero attached hydrogens (tertiary/aromatic N) is 4. The van der Waals surface area contributed by atoms with Crippen LogP contribution in [-0.2, 0) is 11.2 Å². The predicted octanol–water partition coefficient (Wildman–Crippen LogP) is 2.51. The van der Waals surface area contributed by atoms with Gasteiger partial charge in [0.2, 0.25) is 5.95 Å². The van der Waals surface area contributed by atoms with E-state index in [4.69, 9.17) is 4.74 Å². The summed E-state index contributed by atoms with van der Waals surface area (Å²) in [4.78, 5) is 26.2. The van der Waals surface area contributed by atoms with Gasteiger partial charge in [0.25, 0.3) is 5.91 Å². The van der Waals surface area contributed by atoms with Crippen LogP contribution in [0.3, 0.4) is 0 Å². The maximum Gasteiger partial charge on any atom is 0.259 e. The van der Waals surface area contributed by atoms with Crippen LogP contribution in [0.1, 0.15) is 34.5 Å². The van der Waals surface area contributed by atoms with Gasteiger partial charge >= 0.3 is 0 Å². The van der Waals surface area contributed by atoms with Gasteiger partial charge in [-0.3, -0.25) is 4.79 Å². The monoisotopic (exact) mass is 395 g/mol. The average Bonchev–Trinajstić information content (AvgIpc) is 3.27. The number of carbonyl (C=O) groups is 1. The van der Waals surface area contributed by atoms with Gasteiger partial charge in [0, 0.05) is 31.5 Å². The zero-order valence-electron chi connectivity index (χ0n) is 17.1. The van der Waals surface area contributed by atoms with Crippen molar-refractivity contribution in [3.8, 4) is 0 Å². The molecule has 2 aliphatic heterocycles. The summed E-state index contributed by atoms with van der Waals surface area (Å²) in [6, 6.07) is 8.12. The molecule has 0 radical (unpaired) electrons. The summed E-state index contributed by atoms with van der Waals surface area (Å²) in [6.07, 6.45) is 5.31. The lowest BCUT2D eigenvalue weighted by atomic mass is 10.1. The number of morpholine rings is 1. The third-order valence-electron chi connectivity index (χ3n) is 5.63. The van der Waals surface area contributed by atoms with Gasteiger partial charge < -0.3 is 19.9 Å². The van der Waals surface area contributed by atoms with Crippen molar-refractivity contribution >= 4 is 17.5 Å². The Balaban J connectivity index is 1.34. The lowest BCUT2D eigenvalue weighted by molar-refractivity contribution is 0.102. The number of nitrogens with one attached hydrogen (secondary N) is 1. The maximum absolute atomic E-state index is 12.7. The number of likely N-dealkylation sites (tertiary alicyclic amines) is 1. The van der Waals surface area contributed by atoms with E-state index in [2.05, 4.69) is 37.2 Å². The van der Waals surface area contributed by atoms with Crippen molar-refractivity contribution in [1.29, 1.82) is 0 Å². The summed E-state index contributed by atoms with van der Waals surface area (Å²) >= 11 is 0.